The monoisotopic (exact) mass is 286 g/mol. The molecule has 2 heteroatoms. The Hall–Kier alpha value is -1.15. The van der Waals surface area contributed by atoms with Crippen molar-refractivity contribution in [1.29, 1.82) is 0 Å². The molecule has 1 N–H and O–H groups in total. The van der Waals surface area contributed by atoms with Gasteiger partial charge in [0.05, 0.1) is 6.10 Å². The Morgan fingerprint density at radius 3 is 2.62 bits per heavy atom. The summed E-state index contributed by atoms with van der Waals surface area (Å²) in [4.78, 5) is 12.3. The van der Waals surface area contributed by atoms with Crippen molar-refractivity contribution in [3.05, 3.63) is 34.9 Å². The highest BCUT2D eigenvalue weighted by Gasteiger charge is 2.53. The van der Waals surface area contributed by atoms with Crippen LogP contribution in [0.4, 0.5) is 0 Å². The Balaban J connectivity index is 2.08. The van der Waals surface area contributed by atoms with Gasteiger partial charge < -0.3 is 5.11 Å². The fraction of sp³-hybridized carbons (Fsp3) is 0.632. The molecule has 0 radical (unpaired) electrons. The molecule has 0 amide bonds. The van der Waals surface area contributed by atoms with Gasteiger partial charge in [-0.3, -0.25) is 4.79 Å². The number of benzene rings is 1. The summed E-state index contributed by atoms with van der Waals surface area (Å²) in [7, 11) is 0. The van der Waals surface area contributed by atoms with Crippen LogP contribution in [-0.4, -0.2) is 10.9 Å². The van der Waals surface area contributed by atoms with Crippen molar-refractivity contribution in [3.8, 4) is 0 Å². The zero-order valence-corrected chi connectivity index (χ0v) is 13.6. The van der Waals surface area contributed by atoms with Crippen LogP contribution in [0.2, 0.25) is 0 Å². The number of rotatable bonds is 1. The van der Waals surface area contributed by atoms with E-state index in [-0.39, 0.29) is 10.8 Å². The van der Waals surface area contributed by atoms with Gasteiger partial charge in [-0.15, -0.1) is 0 Å². The van der Waals surface area contributed by atoms with Crippen LogP contribution in [0.5, 0.6) is 0 Å². The minimum absolute atomic E-state index is 0.0994. The molecule has 3 rings (SSSR count). The number of hydrogen-bond acceptors (Lipinski definition) is 2. The molecular weight excluding hydrogens is 260 g/mol. The van der Waals surface area contributed by atoms with E-state index in [1.54, 1.807) is 0 Å². The fourth-order valence-corrected chi connectivity index (χ4v) is 4.80. The lowest BCUT2D eigenvalue weighted by Crippen LogP contribution is -2.52. The smallest absolute Gasteiger partial charge is 0.138 e. The quantitative estimate of drug-likeness (QED) is 0.848. The van der Waals surface area contributed by atoms with Crippen LogP contribution in [-0.2, 0) is 16.6 Å². The number of hydrogen-bond donors (Lipinski definition) is 1. The van der Waals surface area contributed by atoms with E-state index in [1.807, 2.05) is 6.92 Å². The maximum Gasteiger partial charge on any atom is 0.138 e. The summed E-state index contributed by atoms with van der Waals surface area (Å²) in [5.74, 6) is 0.852. The third-order valence-corrected chi connectivity index (χ3v) is 6.16. The molecule has 1 aromatic carbocycles. The molecule has 0 saturated heterocycles. The van der Waals surface area contributed by atoms with E-state index in [2.05, 4.69) is 39.0 Å². The van der Waals surface area contributed by atoms with E-state index in [0.717, 1.165) is 24.8 Å². The van der Waals surface area contributed by atoms with Crippen molar-refractivity contribution in [2.24, 2.45) is 11.3 Å². The molecular formula is C19H26O2. The van der Waals surface area contributed by atoms with Gasteiger partial charge in [0.2, 0.25) is 0 Å². The topological polar surface area (TPSA) is 37.3 Å². The van der Waals surface area contributed by atoms with Crippen LogP contribution in [0.15, 0.2) is 18.2 Å². The van der Waals surface area contributed by atoms with Gasteiger partial charge in [0.15, 0.2) is 0 Å². The van der Waals surface area contributed by atoms with E-state index in [1.165, 1.54) is 11.1 Å². The summed E-state index contributed by atoms with van der Waals surface area (Å²) >= 11 is 0. The SMILES string of the molecule is C[C@H](O)c1ccc2c(c1)CC[C@H]1C(C)(C)C(=O)CC[C@]21C. The zero-order chi connectivity index (χ0) is 15.4. The van der Waals surface area contributed by atoms with Crippen molar-refractivity contribution < 1.29 is 9.90 Å². The van der Waals surface area contributed by atoms with Crippen LogP contribution >= 0.6 is 0 Å². The second kappa shape index (κ2) is 4.67. The summed E-state index contributed by atoms with van der Waals surface area (Å²) in [6.07, 6.45) is 3.34. The van der Waals surface area contributed by atoms with Crippen LogP contribution in [0.3, 0.4) is 0 Å². The summed E-state index contributed by atoms with van der Waals surface area (Å²) in [5.41, 5.74) is 3.67. The number of Topliss-reactive ketones (excluding diaryl/α,β-unsaturated/α-hetero) is 1. The molecule has 3 atom stereocenters. The highest BCUT2D eigenvalue weighted by molar-refractivity contribution is 5.86. The maximum absolute atomic E-state index is 12.3. The van der Waals surface area contributed by atoms with Crippen molar-refractivity contribution in [3.63, 3.8) is 0 Å². The Morgan fingerprint density at radius 2 is 1.95 bits per heavy atom. The average Bonchev–Trinajstić information content (AvgIpc) is 2.43. The highest BCUT2D eigenvalue weighted by atomic mass is 16.3. The molecule has 21 heavy (non-hydrogen) atoms. The summed E-state index contributed by atoms with van der Waals surface area (Å²) in [6, 6.07) is 6.43. The minimum atomic E-state index is -0.412. The number of fused-ring (bicyclic) bond motifs is 3. The van der Waals surface area contributed by atoms with Crippen molar-refractivity contribution in [2.45, 2.75) is 64.9 Å². The molecule has 0 heterocycles. The third kappa shape index (κ3) is 2.07. The number of ketones is 1. The molecule has 0 bridgehead atoms. The van der Waals surface area contributed by atoms with E-state index < -0.39 is 6.10 Å². The summed E-state index contributed by atoms with van der Waals surface area (Å²) in [6.45, 7) is 8.42. The van der Waals surface area contributed by atoms with Gasteiger partial charge in [-0.2, -0.15) is 0 Å². The van der Waals surface area contributed by atoms with E-state index in [0.29, 0.717) is 18.1 Å². The summed E-state index contributed by atoms with van der Waals surface area (Å²) in [5, 5.41) is 9.80. The number of aryl methyl sites for hydroxylation is 1. The molecule has 2 aliphatic rings. The van der Waals surface area contributed by atoms with E-state index in [4.69, 9.17) is 0 Å². The lowest BCUT2D eigenvalue weighted by Gasteiger charge is -2.53. The first-order valence-corrected chi connectivity index (χ1v) is 8.11. The minimum Gasteiger partial charge on any atom is -0.389 e. The average molecular weight is 286 g/mol. The van der Waals surface area contributed by atoms with Gasteiger partial charge in [-0.1, -0.05) is 39.0 Å². The molecule has 1 fully saturated rings. The highest BCUT2D eigenvalue weighted by Crippen LogP contribution is 2.55. The summed E-state index contributed by atoms with van der Waals surface area (Å²) < 4.78 is 0. The van der Waals surface area contributed by atoms with Crippen LogP contribution in [0, 0.1) is 11.3 Å². The van der Waals surface area contributed by atoms with Gasteiger partial charge in [-0.05, 0) is 54.2 Å². The standard InChI is InChI=1S/C19H26O2/c1-12(20)13-5-7-15-14(11-13)6-8-16-18(2,3)17(21)9-10-19(15,16)4/h5,7,11-12,16,20H,6,8-10H2,1-4H3/t12-,16-,19+/m0/s1. The predicted molar refractivity (Wildman–Crippen MR) is 84.3 cm³/mol. The third-order valence-electron chi connectivity index (χ3n) is 6.16. The first kappa shape index (κ1) is 14.8. The lowest BCUT2D eigenvalue weighted by molar-refractivity contribution is -0.137. The largest absolute Gasteiger partial charge is 0.389 e. The van der Waals surface area contributed by atoms with Crippen LogP contribution in [0.25, 0.3) is 0 Å². The molecule has 2 aliphatic carbocycles. The Kier molecular flexibility index (Phi) is 3.29. The van der Waals surface area contributed by atoms with E-state index in [9.17, 15) is 9.90 Å². The maximum atomic E-state index is 12.3. The Bertz CT molecular complexity index is 585. The Morgan fingerprint density at radius 1 is 1.24 bits per heavy atom. The predicted octanol–water partition coefficient (Wildman–Crippen LogP) is 3.95. The molecule has 0 unspecified atom stereocenters. The van der Waals surface area contributed by atoms with Crippen molar-refractivity contribution in [2.75, 3.05) is 0 Å². The first-order chi connectivity index (χ1) is 9.76. The van der Waals surface area contributed by atoms with E-state index >= 15 is 0 Å². The molecule has 0 aliphatic heterocycles. The second-order valence-electron chi connectivity index (χ2n) is 7.75. The number of aliphatic hydroxyl groups excluding tert-OH is 1. The van der Waals surface area contributed by atoms with Gasteiger partial charge in [0, 0.05) is 11.8 Å². The van der Waals surface area contributed by atoms with Gasteiger partial charge in [-0.25, -0.2) is 0 Å². The fourth-order valence-electron chi connectivity index (χ4n) is 4.80. The molecule has 0 spiro atoms. The van der Waals surface area contributed by atoms with Crippen molar-refractivity contribution in [1.82, 2.24) is 0 Å². The lowest BCUT2D eigenvalue weighted by atomic mass is 9.50. The van der Waals surface area contributed by atoms with Crippen molar-refractivity contribution >= 4 is 5.78 Å². The van der Waals surface area contributed by atoms with Crippen LogP contribution in [0.1, 0.15) is 69.8 Å². The normalized spacial score (nSPS) is 32.2. The number of aliphatic hydroxyl groups is 1. The number of carbonyl (C=O) groups excluding carboxylic acids is 1. The zero-order valence-electron chi connectivity index (χ0n) is 13.6. The van der Waals surface area contributed by atoms with Gasteiger partial charge in [0.25, 0.3) is 0 Å². The Labute approximate surface area is 127 Å². The van der Waals surface area contributed by atoms with Crippen LogP contribution < -0.4 is 0 Å². The van der Waals surface area contributed by atoms with Gasteiger partial charge in [0.1, 0.15) is 5.78 Å². The molecule has 1 saturated carbocycles. The molecule has 0 aromatic heterocycles. The molecule has 1 aromatic rings. The number of carbonyl (C=O) groups is 1. The molecule has 2 nitrogen and oxygen atoms in total. The first-order valence-electron chi connectivity index (χ1n) is 8.11. The molecule has 114 valence electrons. The second-order valence-corrected chi connectivity index (χ2v) is 7.75. The van der Waals surface area contributed by atoms with Gasteiger partial charge >= 0.3 is 0 Å².